The monoisotopic (exact) mass is 231 g/mol. The Bertz CT molecular complexity index is 333. The number of benzene rings is 1. The van der Waals surface area contributed by atoms with Gasteiger partial charge in [-0.3, -0.25) is 0 Å². The van der Waals surface area contributed by atoms with Crippen LogP contribution in [0.5, 0.6) is 0 Å². The van der Waals surface area contributed by atoms with Gasteiger partial charge in [-0.15, -0.1) is 0 Å². The van der Waals surface area contributed by atoms with E-state index in [2.05, 4.69) is 0 Å². The van der Waals surface area contributed by atoms with Gasteiger partial charge in [-0.25, -0.2) is 0 Å². The van der Waals surface area contributed by atoms with E-state index >= 15 is 0 Å². The fourth-order valence-corrected chi connectivity index (χ4v) is 1.51. The van der Waals surface area contributed by atoms with Gasteiger partial charge in [0.25, 0.3) is 0 Å². The van der Waals surface area contributed by atoms with Gasteiger partial charge in [0.1, 0.15) is 6.04 Å². The number of aryl methyl sites for hydroxylation is 1. The van der Waals surface area contributed by atoms with E-state index in [1.54, 1.807) is 12.1 Å². The zero-order valence-electron chi connectivity index (χ0n) is 9.22. The van der Waals surface area contributed by atoms with Crippen molar-refractivity contribution in [2.45, 2.75) is 38.4 Å². The highest BCUT2D eigenvalue weighted by atomic mass is 19.4. The number of hydrogen-bond donors (Lipinski definition) is 1. The van der Waals surface area contributed by atoms with Crippen molar-refractivity contribution in [2.75, 3.05) is 0 Å². The number of alkyl halides is 3. The lowest BCUT2D eigenvalue weighted by Gasteiger charge is -2.16. The first-order valence-electron chi connectivity index (χ1n) is 5.36. The lowest BCUT2D eigenvalue weighted by molar-refractivity contribution is -0.149. The fraction of sp³-hybridized carbons (Fsp3) is 0.500. The van der Waals surface area contributed by atoms with E-state index in [1.807, 2.05) is 13.0 Å². The summed E-state index contributed by atoms with van der Waals surface area (Å²) in [6.07, 6.45) is -1.57. The van der Waals surface area contributed by atoms with Crippen molar-refractivity contribution in [3.05, 3.63) is 35.4 Å². The zero-order valence-corrected chi connectivity index (χ0v) is 9.22. The molecule has 0 saturated carbocycles. The minimum absolute atomic E-state index is 0.140. The molecule has 2 N–H and O–H groups in total. The molecule has 1 aromatic carbocycles. The Morgan fingerprint density at radius 3 is 2.56 bits per heavy atom. The van der Waals surface area contributed by atoms with Crippen molar-refractivity contribution in [1.29, 1.82) is 0 Å². The number of nitrogens with two attached hydrogens (primary N) is 1. The van der Waals surface area contributed by atoms with Crippen LogP contribution in [0, 0.1) is 0 Å². The predicted octanol–water partition coefficient (Wildman–Crippen LogP) is 3.59. The molecule has 0 aliphatic rings. The molecule has 90 valence electrons. The Balaban J connectivity index is 2.81. The summed E-state index contributed by atoms with van der Waals surface area (Å²) >= 11 is 0. The van der Waals surface area contributed by atoms with E-state index in [9.17, 15) is 13.2 Å². The van der Waals surface area contributed by atoms with E-state index in [0.29, 0.717) is 0 Å². The molecule has 0 radical (unpaired) electrons. The van der Waals surface area contributed by atoms with Gasteiger partial charge in [-0.1, -0.05) is 37.6 Å². The summed E-state index contributed by atoms with van der Waals surface area (Å²) in [5.74, 6) is 0. The number of hydrogen-bond acceptors (Lipinski definition) is 1. The smallest absolute Gasteiger partial charge is 0.316 e. The first-order valence-corrected chi connectivity index (χ1v) is 5.36. The third kappa shape index (κ3) is 3.52. The molecule has 1 rings (SSSR count). The third-order valence-corrected chi connectivity index (χ3v) is 2.48. The summed E-state index contributed by atoms with van der Waals surface area (Å²) < 4.78 is 37.2. The van der Waals surface area contributed by atoms with Crippen molar-refractivity contribution in [1.82, 2.24) is 0 Å². The molecule has 0 unspecified atom stereocenters. The summed E-state index contributed by atoms with van der Waals surface area (Å²) in [6.45, 7) is 2.05. The van der Waals surface area contributed by atoms with E-state index in [1.165, 1.54) is 6.07 Å². The molecule has 4 heteroatoms. The van der Waals surface area contributed by atoms with Crippen LogP contribution in [0.3, 0.4) is 0 Å². The quantitative estimate of drug-likeness (QED) is 0.841. The molecule has 0 spiro atoms. The van der Waals surface area contributed by atoms with Crippen molar-refractivity contribution in [2.24, 2.45) is 5.73 Å². The topological polar surface area (TPSA) is 26.0 Å². The van der Waals surface area contributed by atoms with Crippen LogP contribution in [0.4, 0.5) is 13.2 Å². The minimum atomic E-state index is -4.37. The number of halogens is 3. The Hall–Kier alpha value is -1.03. The van der Waals surface area contributed by atoms with Crippen molar-refractivity contribution in [3.63, 3.8) is 0 Å². The number of rotatable bonds is 4. The molecular weight excluding hydrogens is 215 g/mol. The van der Waals surface area contributed by atoms with Crippen LogP contribution in [0.25, 0.3) is 0 Å². The summed E-state index contributed by atoms with van der Waals surface area (Å²) in [7, 11) is 0. The van der Waals surface area contributed by atoms with Crippen LogP contribution in [-0.4, -0.2) is 6.18 Å². The Kier molecular flexibility index (Phi) is 4.35. The maximum absolute atomic E-state index is 12.4. The molecule has 0 heterocycles. The lowest BCUT2D eigenvalue weighted by atomic mass is 10.0. The molecule has 1 nitrogen and oxygen atoms in total. The molecule has 1 atom stereocenters. The van der Waals surface area contributed by atoms with Gasteiger partial charge >= 0.3 is 6.18 Å². The lowest BCUT2D eigenvalue weighted by Crippen LogP contribution is -2.28. The van der Waals surface area contributed by atoms with Crippen LogP contribution in [0.2, 0.25) is 0 Å². The molecule has 16 heavy (non-hydrogen) atoms. The minimum Gasteiger partial charge on any atom is -0.316 e. The SMILES string of the molecule is CCCCc1cccc([C@@H](N)C(F)(F)F)c1. The molecule has 0 aliphatic heterocycles. The van der Waals surface area contributed by atoms with E-state index in [4.69, 9.17) is 5.73 Å². The van der Waals surface area contributed by atoms with Crippen LogP contribution in [0.1, 0.15) is 36.9 Å². The predicted molar refractivity (Wildman–Crippen MR) is 58.0 cm³/mol. The first kappa shape index (κ1) is 13.0. The third-order valence-electron chi connectivity index (χ3n) is 2.48. The van der Waals surface area contributed by atoms with Gasteiger partial charge in [-0.05, 0) is 24.0 Å². The summed E-state index contributed by atoms with van der Waals surface area (Å²) in [4.78, 5) is 0. The van der Waals surface area contributed by atoms with Gasteiger partial charge in [0.15, 0.2) is 0 Å². The van der Waals surface area contributed by atoms with Crippen LogP contribution in [0.15, 0.2) is 24.3 Å². The van der Waals surface area contributed by atoms with Crippen LogP contribution < -0.4 is 5.73 Å². The van der Waals surface area contributed by atoms with Crippen LogP contribution >= 0.6 is 0 Å². The summed E-state index contributed by atoms with van der Waals surface area (Å²) in [6, 6.07) is 4.56. The highest BCUT2D eigenvalue weighted by Gasteiger charge is 2.37. The highest BCUT2D eigenvalue weighted by Crippen LogP contribution is 2.30. The molecule has 0 amide bonds. The van der Waals surface area contributed by atoms with E-state index in [-0.39, 0.29) is 5.56 Å². The molecule has 0 saturated heterocycles. The molecule has 1 aromatic rings. The Morgan fingerprint density at radius 2 is 2.00 bits per heavy atom. The summed E-state index contributed by atoms with van der Waals surface area (Å²) in [5.41, 5.74) is 6.20. The normalized spacial score (nSPS) is 13.8. The standard InChI is InChI=1S/C12H16F3N/c1-2-3-5-9-6-4-7-10(8-9)11(16)12(13,14)15/h4,6-8,11H,2-3,5,16H2,1H3/t11-/m1/s1. The van der Waals surface area contributed by atoms with E-state index < -0.39 is 12.2 Å². The molecule has 0 bridgehead atoms. The number of unbranched alkanes of at least 4 members (excludes halogenated alkanes) is 1. The maximum Gasteiger partial charge on any atom is 0.407 e. The van der Waals surface area contributed by atoms with Gasteiger partial charge in [0.05, 0.1) is 0 Å². The molecule has 0 fully saturated rings. The molecule has 0 aliphatic carbocycles. The molecule has 0 aromatic heterocycles. The second kappa shape index (κ2) is 5.34. The average molecular weight is 231 g/mol. The van der Waals surface area contributed by atoms with Crippen molar-refractivity contribution >= 4 is 0 Å². The van der Waals surface area contributed by atoms with E-state index in [0.717, 1.165) is 24.8 Å². The van der Waals surface area contributed by atoms with Gasteiger partial charge in [0.2, 0.25) is 0 Å². The largest absolute Gasteiger partial charge is 0.407 e. The van der Waals surface area contributed by atoms with Gasteiger partial charge in [-0.2, -0.15) is 13.2 Å². The molecular formula is C12H16F3N. The second-order valence-electron chi connectivity index (χ2n) is 3.87. The summed E-state index contributed by atoms with van der Waals surface area (Å²) in [5, 5.41) is 0. The van der Waals surface area contributed by atoms with Gasteiger partial charge in [0, 0.05) is 0 Å². The fourth-order valence-electron chi connectivity index (χ4n) is 1.51. The maximum atomic E-state index is 12.4. The van der Waals surface area contributed by atoms with Crippen molar-refractivity contribution in [3.8, 4) is 0 Å². The van der Waals surface area contributed by atoms with Crippen LogP contribution in [-0.2, 0) is 6.42 Å². The Labute approximate surface area is 93.5 Å². The second-order valence-corrected chi connectivity index (χ2v) is 3.87. The van der Waals surface area contributed by atoms with Crippen molar-refractivity contribution < 1.29 is 13.2 Å². The zero-order chi connectivity index (χ0) is 12.2. The average Bonchev–Trinajstić information content (AvgIpc) is 2.24. The first-order chi connectivity index (χ1) is 7.45. The highest BCUT2D eigenvalue weighted by molar-refractivity contribution is 5.26. The van der Waals surface area contributed by atoms with Gasteiger partial charge < -0.3 is 5.73 Å². The Morgan fingerprint density at radius 1 is 1.31 bits per heavy atom.